The van der Waals surface area contributed by atoms with Crippen LogP contribution in [0.5, 0.6) is 11.5 Å². The maximum absolute atomic E-state index is 13.0. The van der Waals surface area contributed by atoms with Gasteiger partial charge in [-0.1, -0.05) is 11.6 Å². The molecule has 0 atom stereocenters. The largest absolute Gasteiger partial charge is 0.490 e. The van der Waals surface area contributed by atoms with Gasteiger partial charge < -0.3 is 9.47 Å². The number of amides is 2. The molecule has 0 radical (unpaired) electrons. The zero-order valence-corrected chi connectivity index (χ0v) is 16.4. The van der Waals surface area contributed by atoms with Crippen molar-refractivity contribution in [2.45, 2.75) is 13.8 Å². The van der Waals surface area contributed by atoms with Crippen molar-refractivity contribution < 1.29 is 24.0 Å². The fourth-order valence-corrected chi connectivity index (χ4v) is 3.19. The third kappa shape index (κ3) is 3.79. The molecule has 0 aliphatic carbocycles. The van der Waals surface area contributed by atoms with Gasteiger partial charge >= 0.3 is 0 Å². The minimum absolute atomic E-state index is 0.0154. The number of nitro benzene ring substituents is 1. The van der Waals surface area contributed by atoms with Crippen molar-refractivity contribution in [1.82, 2.24) is 0 Å². The van der Waals surface area contributed by atoms with E-state index in [-0.39, 0.29) is 22.0 Å². The lowest BCUT2D eigenvalue weighted by atomic mass is 10.1. The van der Waals surface area contributed by atoms with Gasteiger partial charge in [0.1, 0.15) is 5.03 Å². The quantitative estimate of drug-likeness (QED) is 0.385. The molecule has 0 saturated carbocycles. The topological polar surface area (TPSA) is 99.0 Å². The summed E-state index contributed by atoms with van der Waals surface area (Å²) in [5.74, 6) is -0.420. The van der Waals surface area contributed by atoms with Crippen LogP contribution in [0.3, 0.4) is 0 Å². The molecule has 2 amide bonds. The molecule has 1 aliphatic rings. The van der Waals surface area contributed by atoms with Crippen LogP contribution >= 0.6 is 11.6 Å². The van der Waals surface area contributed by atoms with E-state index in [1.165, 1.54) is 30.3 Å². The summed E-state index contributed by atoms with van der Waals surface area (Å²) < 4.78 is 11.0. The summed E-state index contributed by atoms with van der Waals surface area (Å²) in [6, 6.07) is 9.97. The van der Waals surface area contributed by atoms with E-state index < -0.39 is 16.7 Å². The molecule has 29 heavy (non-hydrogen) atoms. The Morgan fingerprint density at radius 3 is 2.17 bits per heavy atom. The van der Waals surface area contributed by atoms with Gasteiger partial charge in [-0.2, -0.15) is 0 Å². The van der Waals surface area contributed by atoms with Gasteiger partial charge in [0.2, 0.25) is 0 Å². The number of hydrogen-bond acceptors (Lipinski definition) is 6. The van der Waals surface area contributed by atoms with Crippen LogP contribution in [0.4, 0.5) is 11.4 Å². The van der Waals surface area contributed by atoms with E-state index in [1.54, 1.807) is 19.1 Å². The Morgan fingerprint density at radius 2 is 1.59 bits per heavy atom. The van der Waals surface area contributed by atoms with Gasteiger partial charge in [-0.3, -0.25) is 19.7 Å². The number of anilines is 1. The summed E-state index contributed by atoms with van der Waals surface area (Å²) in [7, 11) is 0. The number of hydrogen-bond donors (Lipinski definition) is 0. The van der Waals surface area contributed by atoms with Gasteiger partial charge in [-0.05, 0) is 43.7 Å². The molecular weight excluding hydrogens is 400 g/mol. The monoisotopic (exact) mass is 416 g/mol. The zero-order valence-electron chi connectivity index (χ0n) is 15.7. The van der Waals surface area contributed by atoms with Crippen molar-refractivity contribution in [2.75, 3.05) is 18.1 Å². The summed E-state index contributed by atoms with van der Waals surface area (Å²) in [4.78, 5) is 36.9. The van der Waals surface area contributed by atoms with Crippen LogP contribution in [0.15, 0.2) is 47.5 Å². The average Bonchev–Trinajstić information content (AvgIpc) is 2.92. The number of halogens is 1. The Labute approximate surface area is 171 Å². The highest BCUT2D eigenvalue weighted by atomic mass is 35.5. The first kappa shape index (κ1) is 20.3. The van der Waals surface area contributed by atoms with Crippen LogP contribution in [-0.4, -0.2) is 30.0 Å². The lowest BCUT2D eigenvalue weighted by Gasteiger charge is -2.18. The Morgan fingerprint density at radius 1 is 0.966 bits per heavy atom. The SMILES string of the molecule is CCOc1ccc(N2C(=O)C(Cl)=C(c3ccc([N+](=O)[O-])cc3)C2=O)cc1OCC. The number of benzene rings is 2. The molecule has 1 heterocycles. The van der Waals surface area contributed by atoms with E-state index in [9.17, 15) is 19.7 Å². The second-order valence-corrected chi connectivity index (χ2v) is 6.31. The van der Waals surface area contributed by atoms with Gasteiger partial charge in [-0.25, -0.2) is 4.90 Å². The summed E-state index contributed by atoms with van der Waals surface area (Å²) in [6.45, 7) is 4.44. The average molecular weight is 417 g/mol. The highest BCUT2D eigenvalue weighted by molar-refractivity contribution is 6.60. The van der Waals surface area contributed by atoms with Crippen LogP contribution in [0, 0.1) is 10.1 Å². The number of rotatable bonds is 7. The lowest BCUT2D eigenvalue weighted by molar-refractivity contribution is -0.384. The second-order valence-electron chi connectivity index (χ2n) is 5.94. The molecular formula is C20H17ClN2O6. The van der Waals surface area contributed by atoms with Gasteiger partial charge in [0, 0.05) is 18.2 Å². The fourth-order valence-electron chi connectivity index (χ4n) is 2.92. The molecule has 0 aromatic heterocycles. The first-order valence-corrected chi connectivity index (χ1v) is 9.19. The molecule has 3 rings (SSSR count). The van der Waals surface area contributed by atoms with Crippen LogP contribution < -0.4 is 14.4 Å². The van der Waals surface area contributed by atoms with E-state index in [2.05, 4.69) is 0 Å². The van der Waals surface area contributed by atoms with E-state index in [0.29, 0.717) is 30.3 Å². The van der Waals surface area contributed by atoms with Crippen LogP contribution in [0.25, 0.3) is 5.57 Å². The number of carbonyl (C=O) groups excluding carboxylic acids is 2. The second kappa shape index (κ2) is 8.32. The van der Waals surface area contributed by atoms with Crippen molar-refractivity contribution in [3.05, 3.63) is 63.2 Å². The zero-order chi connectivity index (χ0) is 21.1. The molecule has 9 heteroatoms. The van der Waals surface area contributed by atoms with E-state index in [4.69, 9.17) is 21.1 Å². The third-order valence-electron chi connectivity index (χ3n) is 4.18. The highest BCUT2D eigenvalue weighted by Gasteiger charge is 2.39. The predicted octanol–water partition coefficient (Wildman–Crippen LogP) is 3.92. The van der Waals surface area contributed by atoms with Crippen molar-refractivity contribution in [3.8, 4) is 11.5 Å². The minimum atomic E-state index is -0.684. The maximum atomic E-state index is 13.0. The first-order chi connectivity index (χ1) is 13.9. The van der Waals surface area contributed by atoms with Crippen LogP contribution in [0.2, 0.25) is 0 Å². The normalized spacial score (nSPS) is 13.8. The van der Waals surface area contributed by atoms with E-state index in [1.807, 2.05) is 6.92 Å². The lowest BCUT2D eigenvalue weighted by Crippen LogP contribution is -2.31. The van der Waals surface area contributed by atoms with Crippen LogP contribution in [0.1, 0.15) is 19.4 Å². The van der Waals surface area contributed by atoms with Gasteiger partial charge in [0.25, 0.3) is 17.5 Å². The Kier molecular flexibility index (Phi) is 5.84. The number of nitro groups is 1. The molecule has 1 aliphatic heterocycles. The molecule has 0 unspecified atom stereocenters. The maximum Gasteiger partial charge on any atom is 0.277 e. The molecule has 150 valence electrons. The highest BCUT2D eigenvalue weighted by Crippen LogP contribution is 2.38. The first-order valence-electron chi connectivity index (χ1n) is 8.82. The Balaban J connectivity index is 1.97. The van der Waals surface area contributed by atoms with Crippen molar-refractivity contribution in [3.63, 3.8) is 0 Å². The summed E-state index contributed by atoms with van der Waals surface area (Å²) in [5.41, 5.74) is 0.449. The summed E-state index contributed by atoms with van der Waals surface area (Å²) >= 11 is 6.16. The molecule has 8 nitrogen and oxygen atoms in total. The van der Waals surface area contributed by atoms with Crippen LogP contribution in [-0.2, 0) is 9.59 Å². The van der Waals surface area contributed by atoms with Gasteiger partial charge in [0.05, 0.1) is 29.4 Å². The number of ether oxygens (including phenoxy) is 2. The molecule has 0 saturated heterocycles. The molecule has 0 N–H and O–H groups in total. The molecule has 2 aromatic carbocycles. The molecule has 0 spiro atoms. The molecule has 0 bridgehead atoms. The van der Waals surface area contributed by atoms with E-state index in [0.717, 1.165) is 4.90 Å². The van der Waals surface area contributed by atoms with Crippen molar-refractivity contribution in [2.24, 2.45) is 0 Å². The summed E-state index contributed by atoms with van der Waals surface area (Å²) in [5, 5.41) is 10.6. The Bertz CT molecular complexity index is 1020. The number of carbonyl (C=O) groups is 2. The van der Waals surface area contributed by atoms with Gasteiger partial charge in [-0.15, -0.1) is 0 Å². The number of non-ortho nitro benzene ring substituents is 1. The van der Waals surface area contributed by atoms with Crippen molar-refractivity contribution in [1.29, 1.82) is 0 Å². The van der Waals surface area contributed by atoms with Gasteiger partial charge in [0.15, 0.2) is 11.5 Å². The number of imide groups is 1. The molecule has 0 fully saturated rings. The smallest absolute Gasteiger partial charge is 0.277 e. The predicted molar refractivity (Wildman–Crippen MR) is 107 cm³/mol. The van der Waals surface area contributed by atoms with E-state index >= 15 is 0 Å². The summed E-state index contributed by atoms with van der Waals surface area (Å²) in [6.07, 6.45) is 0. The number of nitrogens with zero attached hydrogens (tertiary/aromatic N) is 2. The third-order valence-corrected chi connectivity index (χ3v) is 4.53. The minimum Gasteiger partial charge on any atom is -0.490 e. The standard InChI is InChI=1S/C20H17ClN2O6/c1-3-28-15-10-9-14(11-16(15)29-4-2)22-19(24)17(18(21)20(22)25)12-5-7-13(8-6-12)23(26)27/h5-11H,3-4H2,1-2H3. The molecule has 2 aromatic rings. The van der Waals surface area contributed by atoms with Crippen molar-refractivity contribution >= 4 is 40.4 Å². The fraction of sp³-hybridized carbons (Fsp3) is 0.200. The Hall–Kier alpha value is -3.39.